The Morgan fingerprint density at radius 1 is 1.06 bits per heavy atom. The number of halogens is 1. The fourth-order valence-corrected chi connectivity index (χ4v) is 5.10. The highest BCUT2D eigenvalue weighted by atomic mass is 19.1. The first kappa shape index (κ1) is 23.5. The van der Waals surface area contributed by atoms with Crippen LogP contribution in [0.25, 0.3) is 0 Å². The maximum Gasteiger partial charge on any atom is 0.226 e. The molecule has 6 nitrogen and oxygen atoms in total. The number of Topliss-reactive ketones (excluding diaryl/α,β-unsaturated/α-hetero) is 1. The minimum Gasteiger partial charge on any atom is -0.337 e. The van der Waals surface area contributed by atoms with E-state index in [1.165, 1.54) is 12.3 Å². The molecular formula is C26H33FN4O2. The Kier molecular flexibility index (Phi) is 7.17. The SMILES string of the molecule is Cc1cnc(C(=O)Cc2cc(F)cc(CN3CCN(C(=O)C4CCCC4)[C@@H](C)C3)c2C)cn1. The number of piperazine rings is 1. The summed E-state index contributed by atoms with van der Waals surface area (Å²) in [7, 11) is 0. The van der Waals surface area contributed by atoms with Crippen LogP contribution in [0.5, 0.6) is 0 Å². The molecule has 0 radical (unpaired) electrons. The summed E-state index contributed by atoms with van der Waals surface area (Å²) in [4.78, 5) is 38.2. The summed E-state index contributed by atoms with van der Waals surface area (Å²) in [6.45, 7) is 8.71. The van der Waals surface area contributed by atoms with Crippen molar-refractivity contribution in [2.24, 2.45) is 5.92 Å². The molecule has 33 heavy (non-hydrogen) atoms. The third-order valence-electron chi connectivity index (χ3n) is 7.10. The Bertz CT molecular complexity index is 1020. The number of carbonyl (C=O) groups is 2. The second-order valence-electron chi connectivity index (χ2n) is 9.59. The topological polar surface area (TPSA) is 66.4 Å². The number of aryl methyl sites for hydroxylation is 1. The van der Waals surface area contributed by atoms with Crippen molar-refractivity contribution in [1.29, 1.82) is 0 Å². The Morgan fingerprint density at radius 2 is 1.79 bits per heavy atom. The lowest BCUT2D eigenvalue weighted by Crippen LogP contribution is -2.54. The average Bonchev–Trinajstić information content (AvgIpc) is 3.32. The van der Waals surface area contributed by atoms with E-state index in [-0.39, 0.29) is 30.0 Å². The third-order valence-corrected chi connectivity index (χ3v) is 7.10. The Balaban J connectivity index is 1.42. The maximum atomic E-state index is 14.5. The van der Waals surface area contributed by atoms with Crippen LogP contribution in [0.4, 0.5) is 4.39 Å². The van der Waals surface area contributed by atoms with Gasteiger partial charge in [0.2, 0.25) is 5.91 Å². The van der Waals surface area contributed by atoms with Crippen molar-refractivity contribution >= 4 is 11.7 Å². The first-order valence-corrected chi connectivity index (χ1v) is 11.9. The molecule has 2 fully saturated rings. The van der Waals surface area contributed by atoms with E-state index in [0.717, 1.165) is 55.6 Å². The van der Waals surface area contributed by atoms with Gasteiger partial charge in [0.25, 0.3) is 0 Å². The van der Waals surface area contributed by atoms with Crippen molar-refractivity contribution < 1.29 is 14.0 Å². The van der Waals surface area contributed by atoms with Gasteiger partial charge in [-0.2, -0.15) is 0 Å². The Labute approximate surface area is 195 Å². The van der Waals surface area contributed by atoms with Crippen LogP contribution >= 0.6 is 0 Å². The van der Waals surface area contributed by atoms with Crippen LogP contribution in [0, 0.1) is 25.6 Å². The van der Waals surface area contributed by atoms with Gasteiger partial charge >= 0.3 is 0 Å². The van der Waals surface area contributed by atoms with Crippen molar-refractivity contribution in [2.75, 3.05) is 19.6 Å². The van der Waals surface area contributed by atoms with Gasteiger partial charge in [0.05, 0.1) is 11.9 Å². The summed E-state index contributed by atoms with van der Waals surface area (Å²) in [5.74, 6) is -0.00401. The standard InChI is InChI=1S/C26H33FN4O2/c1-17-13-29-24(14-28-17)25(32)12-21-10-23(27)11-22(19(21)3)16-30-8-9-31(18(2)15-30)26(33)20-6-4-5-7-20/h10-11,13-14,18,20H,4-9,12,15-16H2,1-3H3/t18-/m0/s1. The lowest BCUT2D eigenvalue weighted by molar-refractivity contribution is -0.140. The monoisotopic (exact) mass is 452 g/mol. The van der Waals surface area contributed by atoms with Crippen LogP contribution in [0.1, 0.15) is 65.5 Å². The van der Waals surface area contributed by atoms with E-state index in [1.807, 2.05) is 18.7 Å². The molecule has 176 valence electrons. The highest BCUT2D eigenvalue weighted by Gasteiger charge is 2.33. The van der Waals surface area contributed by atoms with Gasteiger partial charge in [-0.05, 0) is 62.4 Å². The Hall–Kier alpha value is -2.67. The number of benzene rings is 1. The van der Waals surface area contributed by atoms with Gasteiger partial charge in [-0.1, -0.05) is 12.8 Å². The fraction of sp³-hybridized carbons (Fsp3) is 0.538. The summed E-state index contributed by atoms with van der Waals surface area (Å²) in [6.07, 6.45) is 7.48. The highest BCUT2D eigenvalue weighted by molar-refractivity contribution is 5.95. The van der Waals surface area contributed by atoms with Crippen molar-refractivity contribution in [3.8, 4) is 0 Å². The molecule has 2 aromatic rings. The molecule has 1 amide bonds. The van der Waals surface area contributed by atoms with Crippen molar-refractivity contribution in [2.45, 2.75) is 65.5 Å². The molecule has 1 aromatic carbocycles. The highest BCUT2D eigenvalue weighted by Crippen LogP contribution is 2.28. The lowest BCUT2D eigenvalue weighted by atomic mass is 9.96. The van der Waals surface area contributed by atoms with Gasteiger partial charge in [0, 0.05) is 50.8 Å². The first-order valence-electron chi connectivity index (χ1n) is 11.9. The summed E-state index contributed by atoms with van der Waals surface area (Å²) < 4.78 is 14.5. The smallest absolute Gasteiger partial charge is 0.226 e. The molecule has 4 rings (SSSR count). The molecular weight excluding hydrogens is 419 g/mol. The number of carbonyl (C=O) groups excluding carboxylic acids is 2. The van der Waals surface area contributed by atoms with E-state index >= 15 is 0 Å². The van der Waals surface area contributed by atoms with Crippen LogP contribution in [-0.2, 0) is 17.8 Å². The minimum absolute atomic E-state index is 0.0917. The van der Waals surface area contributed by atoms with E-state index in [1.54, 1.807) is 12.3 Å². The van der Waals surface area contributed by atoms with Gasteiger partial charge in [-0.15, -0.1) is 0 Å². The zero-order chi connectivity index (χ0) is 23.5. The maximum absolute atomic E-state index is 14.5. The van der Waals surface area contributed by atoms with E-state index in [0.29, 0.717) is 30.3 Å². The van der Waals surface area contributed by atoms with Gasteiger partial charge in [-0.3, -0.25) is 19.5 Å². The lowest BCUT2D eigenvalue weighted by Gasteiger charge is -2.41. The molecule has 0 N–H and O–H groups in total. The fourth-order valence-electron chi connectivity index (χ4n) is 5.10. The summed E-state index contributed by atoms with van der Waals surface area (Å²) >= 11 is 0. The number of nitrogens with zero attached hydrogens (tertiary/aromatic N) is 4. The van der Waals surface area contributed by atoms with Crippen molar-refractivity contribution in [3.63, 3.8) is 0 Å². The van der Waals surface area contributed by atoms with E-state index in [2.05, 4.69) is 21.8 Å². The normalized spacial score (nSPS) is 19.8. The molecule has 1 aromatic heterocycles. The molecule has 2 heterocycles. The number of amides is 1. The van der Waals surface area contributed by atoms with Crippen molar-refractivity contribution in [3.05, 3.63) is 58.4 Å². The van der Waals surface area contributed by atoms with Gasteiger partial charge < -0.3 is 4.90 Å². The van der Waals surface area contributed by atoms with Gasteiger partial charge in [-0.25, -0.2) is 9.37 Å². The summed E-state index contributed by atoms with van der Waals surface area (Å²) in [6, 6.07) is 3.15. The van der Waals surface area contributed by atoms with Crippen LogP contribution in [0.3, 0.4) is 0 Å². The largest absolute Gasteiger partial charge is 0.337 e. The van der Waals surface area contributed by atoms with Crippen LogP contribution in [0.15, 0.2) is 24.5 Å². The molecule has 0 bridgehead atoms. The molecule has 1 aliphatic carbocycles. The number of hydrogen-bond acceptors (Lipinski definition) is 5. The first-order chi connectivity index (χ1) is 15.8. The number of ketones is 1. The minimum atomic E-state index is -0.337. The molecule has 2 aliphatic rings. The quantitative estimate of drug-likeness (QED) is 0.623. The van der Waals surface area contributed by atoms with Gasteiger partial charge in [0.15, 0.2) is 5.78 Å². The zero-order valence-electron chi connectivity index (χ0n) is 19.8. The molecule has 1 atom stereocenters. The Morgan fingerprint density at radius 3 is 2.45 bits per heavy atom. The van der Waals surface area contributed by atoms with E-state index in [9.17, 15) is 14.0 Å². The molecule has 0 unspecified atom stereocenters. The number of hydrogen-bond donors (Lipinski definition) is 0. The number of aromatic nitrogens is 2. The van der Waals surface area contributed by atoms with Crippen molar-refractivity contribution in [1.82, 2.24) is 19.8 Å². The predicted molar refractivity (Wildman–Crippen MR) is 124 cm³/mol. The summed E-state index contributed by atoms with van der Waals surface area (Å²) in [5, 5.41) is 0. The van der Waals surface area contributed by atoms with Crippen LogP contribution in [0.2, 0.25) is 0 Å². The second-order valence-corrected chi connectivity index (χ2v) is 9.59. The zero-order valence-corrected chi connectivity index (χ0v) is 19.8. The third kappa shape index (κ3) is 5.46. The predicted octanol–water partition coefficient (Wildman–Crippen LogP) is 3.88. The second kappa shape index (κ2) is 10.1. The number of rotatable bonds is 6. The molecule has 7 heteroatoms. The molecule has 1 saturated heterocycles. The average molecular weight is 453 g/mol. The van der Waals surface area contributed by atoms with Crippen LogP contribution < -0.4 is 0 Å². The van der Waals surface area contributed by atoms with E-state index in [4.69, 9.17) is 0 Å². The van der Waals surface area contributed by atoms with Crippen LogP contribution in [-0.4, -0.2) is 57.1 Å². The molecule has 0 spiro atoms. The summed E-state index contributed by atoms with van der Waals surface area (Å²) in [5.41, 5.74) is 3.54. The molecule has 1 aliphatic heterocycles. The van der Waals surface area contributed by atoms with Gasteiger partial charge in [0.1, 0.15) is 11.5 Å². The molecule has 1 saturated carbocycles. The van der Waals surface area contributed by atoms with E-state index < -0.39 is 0 Å².